The molecule has 0 aliphatic rings. The van der Waals surface area contributed by atoms with Gasteiger partial charge in [0, 0.05) is 22.2 Å². The number of hydrogen-bond acceptors (Lipinski definition) is 6. The number of primary amides is 1. The van der Waals surface area contributed by atoms with Gasteiger partial charge in [0.05, 0.1) is 29.5 Å². The second-order valence-electron chi connectivity index (χ2n) is 8.11. The molecule has 178 valence electrons. The van der Waals surface area contributed by atoms with Crippen molar-refractivity contribution < 1.29 is 14.0 Å². The number of fused-ring (bicyclic) bond motifs is 1. The third kappa shape index (κ3) is 4.56. The maximum atomic E-state index is 14.8. The Morgan fingerprint density at radius 3 is 2.47 bits per heavy atom. The van der Waals surface area contributed by atoms with E-state index in [1.165, 1.54) is 28.5 Å². The van der Waals surface area contributed by atoms with Crippen LogP contribution in [0, 0.1) is 12.7 Å². The Kier molecular flexibility index (Phi) is 6.22. The molecule has 9 heteroatoms. The Morgan fingerprint density at radius 2 is 1.72 bits per heavy atom. The number of anilines is 1. The summed E-state index contributed by atoms with van der Waals surface area (Å²) in [5.41, 5.74) is 8.90. The van der Waals surface area contributed by atoms with E-state index >= 15 is 0 Å². The molecule has 0 fully saturated rings. The fraction of sp³-hybridized carbons (Fsp3) is 0.0741. The third-order valence-electron chi connectivity index (χ3n) is 5.66. The first-order valence-electron chi connectivity index (χ1n) is 11.0. The molecule has 0 bridgehead atoms. The lowest BCUT2D eigenvalue weighted by Gasteiger charge is -2.22. The second-order valence-corrected chi connectivity index (χ2v) is 9.23. The van der Waals surface area contributed by atoms with Crippen molar-refractivity contribution in [1.82, 2.24) is 15.0 Å². The quantitative estimate of drug-likeness (QED) is 0.350. The summed E-state index contributed by atoms with van der Waals surface area (Å²) in [7, 11) is 0. The molecule has 2 amide bonds. The smallest absolute Gasteiger partial charge is 0.278 e. The van der Waals surface area contributed by atoms with Gasteiger partial charge in [-0.15, -0.1) is 11.3 Å². The molecule has 3 aromatic carbocycles. The van der Waals surface area contributed by atoms with Crippen LogP contribution in [0.15, 0.2) is 79.1 Å². The van der Waals surface area contributed by atoms with Crippen LogP contribution in [-0.2, 0) is 6.54 Å². The Balaban J connectivity index is 1.49. The summed E-state index contributed by atoms with van der Waals surface area (Å²) in [4.78, 5) is 40.5. The van der Waals surface area contributed by atoms with Gasteiger partial charge >= 0.3 is 0 Å². The number of halogens is 1. The molecule has 0 saturated carbocycles. The highest BCUT2D eigenvalue weighted by atomic mass is 32.1. The SMILES string of the molecule is Cc1cc(-c2ncc(CN(C(=O)c3cnc4ccccc4n3)c3ccccc3F)s2)ccc1C(N)=O. The zero-order valence-electron chi connectivity index (χ0n) is 19.2. The van der Waals surface area contributed by atoms with Gasteiger partial charge in [-0.1, -0.05) is 30.3 Å². The first kappa shape index (κ1) is 23.3. The van der Waals surface area contributed by atoms with Crippen molar-refractivity contribution >= 4 is 39.9 Å². The van der Waals surface area contributed by atoms with Crippen LogP contribution in [0.2, 0.25) is 0 Å². The number of para-hydroxylation sites is 3. The number of thiazole rings is 1. The van der Waals surface area contributed by atoms with E-state index in [9.17, 15) is 14.0 Å². The van der Waals surface area contributed by atoms with Crippen LogP contribution in [-0.4, -0.2) is 26.8 Å². The number of amides is 2. The fourth-order valence-corrected chi connectivity index (χ4v) is 4.78. The molecule has 5 aromatic rings. The van der Waals surface area contributed by atoms with Crippen LogP contribution in [0.4, 0.5) is 10.1 Å². The first-order chi connectivity index (χ1) is 17.4. The minimum absolute atomic E-state index is 0.0876. The monoisotopic (exact) mass is 497 g/mol. The molecule has 0 aliphatic heterocycles. The lowest BCUT2D eigenvalue weighted by atomic mass is 10.1. The molecule has 0 aliphatic carbocycles. The molecule has 36 heavy (non-hydrogen) atoms. The number of hydrogen-bond donors (Lipinski definition) is 1. The van der Waals surface area contributed by atoms with E-state index in [1.807, 2.05) is 24.3 Å². The van der Waals surface area contributed by atoms with Gasteiger partial charge < -0.3 is 5.73 Å². The van der Waals surface area contributed by atoms with E-state index < -0.39 is 17.6 Å². The average molecular weight is 498 g/mol. The highest BCUT2D eigenvalue weighted by Crippen LogP contribution is 2.30. The van der Waals surface area contributed by atoms with Crippen LogP contribution in [0.3, 0.4) is 0 Å². The lowest BCUT2D eigenvalue weighted by molar-refractivity contribution is 0.0977. The average Bonchev–Trinajstić information content (AvgIpc) is 3.35. The number of nitrogens with zero attached hydrogens (tertiary/aromatic N) is 4. The highest BCUT2D eigenvalue weighted by Gasteiger charge is 2.24. The molecule has 0 unspecified atom stereocenters. The summed E-state index contributed by atoms with van der Waals surface area (Å²) in [6.45, 7) is 1.89. The van der Waals surface area contributed by atoms with Crippen LogP contribution in [0.1, 0.15) is 31.3 Å². The number of aryl methyl sites for hydroxylation is 1. The minimum atomic E-state index is -0.526. The van der Waals surface area contributed by atoms with E-state index in [4.69, 9.17) is 5.73 Å². The predicted octanol–water partition coefficient (Wildman–Crippen LogP) is 5.15. The first-order valence-corrected chi connectivity index (χ1v) is 11.9. The maximum absolute atomic E-state index is 14.8. The number of benzene rings is 3. The molecule has 2 N–H and O–H groups in total. The summed E-state index contributed by atoms with van der Waals surface area (Å²) in [5.74, 6) is -1.49. The third-order valence-corrected chi connectivity index (χ3v) is 6.69. The van der Waals surface area contributed by atoms with Crippen molar-refractivity contribution in [3.63, 3.8) is 0 Å². The zero-order chi connectivity index (χ0) is 25.2. The van der Waals surface area contributed by atoms with Gasteiger partial charge in [-0.2, -0.15) is 0 Å². The van der Waals surface area contributed by atoms with E-state index in [-0.39, 0.29) is 17.9 Å². The Bertz CT molecular complexity index is 1620. The summed E-state index contributed by atoms with van der Waals surface area (Å²) in [5, 5.41) is 0.704. The number of carbonyl (C=O) groups excluding carboxylic acids is 2. The Hall–Kier alpha value is -4.50. The van der Waals surface area contributed by atoms with Gasteiger partial charge in [0.1, 0.15) is 16.5 Å². The van der Waals surface area contributed by atoms with Gasteiger partial charge in [-0.25, -0.2) is 14.4 Å². The highest BCUT2D eigenvalue weighted by molar-refractivity contribution is 7.15. The van der Waals surface area contributed by atoms with Crippen LogP contribution < -0.4 is 10.6 Å². The molecule has 2 aromatic heterocycles. The van der Waals surface area contributed by atoms with Crippen LogP contribution in [0.5, 0.6) is 0 Å². The number of nitrogens with two attached hydrogens (primary N) is 1. The molecule has 5 rings (SSSR count). The van der Waals surface area contributed by atoms with Crippen LogP contribution >= 0.6 is 11.3 Å². The summed E-state index contributed by atoms with van der Waals surface area (Å²) < 4.78 is 14.8. The maximum Gasteiger partial charge on any atom is 0.278 e. The molecule has 2 heterocycles. The van der Waals surface area contributed by atoms with Crippen molar-refractivity contribution in [2.24, 2.45) is 5.73 Å². The molecule has 7 nitrogen and oxygen atoms in total. The molecule has 0 atom stereocenters. The van der Waals surface area contributed by atoms with Gasteiger partial charge in [-0.3, -0.25) is 19.5 Å². The topological polar surface area (TPSA) is 102 Å². The van der Waals surface area contributed by atoms with Gasteiger partial charge in [0.15, 0.2) is 0 Å². The molecular formula is C27H20FN5O2S. The zero-order valence-corrected chi connectivity index (χ0v) is 20.0. The largest absolute Gasteiger partial charge is 0.366 e. The van der Waals surface area contributed by atoms with Gasteiger partial charge in [0.25, 0.3) is 5.91 Å². The Morgan fingerprint density at radius 1 is 0.972 bits per heavy atom. The number of carbonyl (C=O) groups is 2. The molecular weight excluding hydrogens is 477 g/mol. The Labute approximate surface area is 210 Å². The fourth-order valence-electron chi connectivity index (χ4n) is 3.88. The van der Waals surface area contributed by atoms with E-state index in [1.54, 1.807) is 49.5 Å². The lowest BCUT2D eigenvalue weighted by Crippen LogP contribution is -2.31. The van der Waals surface area contributed by atoms with Crippen molar-refractivity contribution in [3.8, 4) is 10.6 Å². The summed E-state index contributed by atoms with van der Waals surface area (Å²) in [6.07, 6.45) is 3.06. The van der Waals surface area contributed by atoms with Gasteiger partial charge in [0.2, 0.25) is 5.91 Å². The normalized spacial score (nSPS) is 10.9. The molecule has 0 saturated heterocycles. The van der Waals surface area contributed by atoms with E-state index in [0.29, 0.717) is 21.6 Å². The standard InChI is InChI=1S/C27H20FN5O2S/c1-16-12-17(10-11-19(16)25(29)34)26-31-13-18(36-26)15-33(24-9-5-2-6-20(24)28)27(35)23-14-30-21-7-3-4-8-22(21)32-23/h2-14H,15H2,1H3,(H2,29,34). The van der Waals surface area contributed by atoms with E-state index in [2.05, 4.69) is 15.0 Å². The number of aromatic nitrogens is 3. The summed E-state index contributed by atoms with van der Waals surface area (Å²) in [6, 6.07) is 18.6. The van der Waals surface area contributed by atoms with Crippen molar-refractivity contribution in [1.29, 1.82) is 0 Å². The van der Waals surface area contributed by atoms with E-state index in [0.717, 1.165) is 16.0 Å². The van der Waals surface area contributed by atoms with Crippen molar-refractivity contribution in [3.05, 3.63) is 107 Å². The van der Waals surface area contributed by atoms with Crippen molar-refractivity contribution in [2.75, 3.05) is 4.90 Å². The van der Waals surface area contributed by atoms with Gasteiger partial charge in [-0.05, 0) is 48.9 Å². The second kappa shape index (κ2) is 9.63. The predicted molar refractivity (Wildman–Crippen MR) is 137 cm³/mol. The molecule has 0 radical (unpaired) electrons. The molecule has 0 spiro atoms. The summed E-state index contributed by atoms with van der Waals surface area (Å²) >= 11 is 1.37. The van der Waals surface area contributed by atoms with Crippen LogP contribution in [0.25, 0.3) is 21.6 Å². The van der Waals surface area contributed by atoms with Crippen molar-refractivity contribution in [2.45, 2.75) is 13.5 Å². The minimum Gasteiger partial charge on any atom is -0.366 e. The number of rotatable bonds is 6.